The van der Waals surface area contributed by atoms with Crippen LogP contribution in [0.4, 0.5) is 0 Å². The van der Waals surface area contributed by atoms with Crippen LogP contribution in [0.15, 0.2) is 22.8 Å². The van der Waals surface area contributed by atoms with Crippen LogP contribution >= 0.6 is 0 Å². The molecule has 0 aromatic heterocycles. The summed E-state index contributed by atoms with van der Waals surface area (Å²) in [5.74, 6) is 5.04. The highest BCUT2D eigenvalue weighted by atomic mass is 16.3. The van der Waals surface area contributed by atoms with Crippen molar-refractivity contribution < 1.29 is 5.11 Å². The fraction of sp³-hybridized carbons (Fsp3) is 0.840. The van der Waals surface area contributed by atoms with E-state index in [2.05, 4.69) is 47.6 Å². The van der Waals surface area contributed by atoms with Gasteiger partial charge in [-0.1, -0.05) is 57.4 Å². The Hall–Kier alpha value is -0.560. The van der Waals surface area contributed by atoms with Crippen molar-refractivity contribution in [2.24, 2.45) is 46.8 Å². The average molecular weight is 357 g/mol. The van der Waals surface area contributed by atoms with E-state index in [1.807, 2.05) is 5.57 Å². The molecule has 146 valence electrons. The van der Waals surface area contributed by atoms with Crippen LogP contribution in [0, 0.1) is 46.8 Å². The molecule has 0 bridgehead atoms. The van der Waals surface area contributed by atoms with Crippen LogP contribution < -0.4 is 0 Å². The first-order valence-corrected chi connectivity index (χ1v) is 11.3. The van der Waals surface area contributed by atoms with E-state index in [4.69, 9.17) is 0 Å². The molecule has 8 atom stereocenters. The van der Waals surface area contributed by atoms with Crippen LogP contribution in [-0.2, 0) is 0 Å². The number of hydrogen-bond acceptors (Lipinski definition) is 1. The molecule has 4 aliphatic rings. The molecular formula is C25H40O. The average Bonchev–Trinajstić information content (AvgIpc) is 3.07. The van der Waals surface area contributed by atoms with E-state index in [9.17, 15) is 5.11 Å². The maximum atomic E-state index is 11.0. The van der Waals surface area contributed by atoms with Gasteiger partial charge in [-0.05, 0) is 81.0 Å². The lowest BCUT2D eigenvalue weighted by Gasteiger charge is -2.46. The van der Waals surface area contributed by atoms with E-state index in [1.54, 1.807) is 11.1 Å². The number of allylic oxidation sites excluding steroid dienone is 3. The summed E-state index contributed by atoms with van der Waals surface area (Å²) in [6.07, 6.45) is 10.2. The summed E-state index contributed by atoms with van der Waals surface area (Å²) in [4.78, 5) is 0. The molecule has 0 aromatic rings. The van der Waals surface area contributed by atoms with Crippen molar-refractivity contribution in [1.82, 2.24) is 0 Å². The lowest BCUT2D eigenvalue weighted by molar-refractivity contribution is 0.0603. The summed E-state index contributed by atoms with van der Waals surface area (Å²) in [7, 11) is 0. The topological polar surface area (TPSA) is 20.2 Å². The fourth-order valence-electron chi connectivity index (χ4n) is 7.40. The molecule has 0 saturated heterocycles. The quantitative estimate of drug-likeness (QED) is 0.540. The number of rotatable bonds is 1. The van der Waals surface area contributed by atoms with Gasteiger partial charge >= 0.3 is 0 Å². The van der Waals surface area contributed by atoms with Gasteiger partial charge in [-0.25, -0.2) is 0 Å². The highest BCUT2D eigenvalue weighted by Gasteiger charge is 2.54. The second kappa shape index (κ2) is 6.50. The summed E-state index contributed by atoms with van der Waals surface area (Å²) in [6.45, 7) is 14.5. The summed E-state index contributed by atoms with van der Waals surface area (Å²) in [5.41, 5.74) is 5.23. The number of aliphatic hydroxyl groups is 1. The largest absolute Gasteiger partial charge is 0.392 e. The van der Waals surface area contributed by atoms with Crippen molar-refractivity contribution >= 4 is 0 Å². The Bertz CT molecular complexity index is 626. The minimum absolute atomic E-state index is 0.00153. The van der Waals surface area contributed by atoms with Crippen molar-refractivity contribution in [3.63, 3.8) is 0 Å². The van der Waals surface area contributed by atoms with Gasteiger partial charge in [-0.2, -0.15) is 0 Å². The van der Waals surface area contributed by atoms with Crippen LogP contribution in [0.3, 0.4) is 0 Å². The molecule has 26 heavy (non-hydrogen) atoms. The van der Waals surface area contributed by atoms with Crippen LogP contribution in [0.2, 0.25) is 0 Å². The Morgan fingerprint density at radius 2 is 1.85 bits per heavy atom. The van der Waals surface area contributed by atoms with Gasteiger partial charge in [-0.15, -0.1) is 0 Å². The highest BCUT2D eigenvalue weighted by Crippen LogP contribution is 2.60. The number of aliphatic hydroxyl groups excluding tert-OH is 1. The first-order valence-electron chi connectivity index (χ1n) is 11.3. The van der Waals surface area contributed by atoms with E-state index in [-0.39, 0.29) is 11.5 Å². The van der Waals surface area contributed by atoms with Gasteiger partial charge in [0.1, 0.15) is 0 Å². The Morgan fingerprint density at radius 1 is 1.12 bits per heavy atom. The molecule has 0 radical (unpaired) electrons. The molecule has 1 heteroatoms. The third-order valence-corrected chi connectivity index (χ3v) is 9.27. The molecule has 0 aromatic carbocycles. The Kier molecular flexibility index (Phi) is 4.70. The predicted molar refractivity (Wildman–Crippen MR) is 110 cm³/mol. The first kappa shape index (κ1) is 18.8. The van der Waals surface area contributed by atoms with E-state index < -0.39 is 0 Å². The molecule has 0 amide bonds. The Balaban J connectivity index is 1.79. The van der Waals surface area contributed by atoms with Crippen molar-refractivity contribution in [3.05, 3.63) is 22.8 Å². The first-order chi connectivity index (χ1) is 12.2. The smallest absolute Gasteiger partial charge is 0.0633 e. The Labute approximate surface area is 161 Å². The van der Waals surface area contributed by atoms with E-state index in [0.29, 0.717) is 29.6 Å². The molecule has 0 heterocycles. The number of hydrogen-bond donors (Lipinski definition) is 1. The summed E-state index contributed by atoms with van der Waals surface area (Å²) in [5, 5.41) is 11.0. The predicted octanol–water partition coefficient (Wildman–Crippen LogP) is 6.38. The standard InChI is InChI=1S/C25H40O/c1-14(2)20-12-24(26)25(6)13-22-16(4)7-9-18-15(3)8-10-19(18)17(5)21(22)11-23(20)25/h13-16,18,20-21,23-24,26H,7-12H2,1-6H3/t15-,16+,18-,20-,21+,23-,24+,25+/m0/s1. The van der Waals surface area contributed by atoms with Crippen molar-refractivity contribution in [2.75, 3.05) is 0 Å². The Morgan fingerprint density at radius 3 is 2.54 bits per heavy atom. The van der Waals surface area contributed by atoms with Crippen molar-refractivity contribution in [3.8, 4) is 0 Å². The molecule has 0 spiro atoms. The van der Waals surface area contributed by atoms with Crippen LogP contribution in [-0.4, -0.2) is 11.2 Å². The third kappa shape index (κ3) is 2.67. The maximum absolute atomic E-state index is 11.0. The molecule has 0 aliphatic heterocycles. The molecule has 1 nitrogen and oxygen atoms in total. The van der Waals surface area contributed by atoms with Crippen molar-refractivity contribution in [1.29, 1.82) is 0 Å². The third-order valence-electron chi connectivity index (χ3n) is 9.27. The maximum Gasteiger partial charge on any atom is 0.0633 e. The SMILES string of the molecule is CC1=C2CC[C@H](C)[C@@H]2CC[C@@H](C)C2=C[C@@]3(C)[C@H](O)C[C@@H](C(C)C)[C@@H]3C[C@@H]21. The van der Waals surface area contributed by atoms with Gasteiger partial charge < -0.3 is 5.11 Å². The zero-order valence-electron chi connectivity index (χ0n) is 17.9. The minimum atomic E-state index is -0.154. The second-order valence-electron chi connectivity index (χ2n) is 10.9. The van der Waals surface area contributed by atoms with Crippen LogP contribution in [0.25, 0.3) is 0 Å². The molecule has 4 rings (SSSR count). The fourth-order valence-corrected chi connectivity index (χ4v) is 7.40. The van der Waals surface area contributed by atoms with Gasteiger partial charge in [-0.3, -0.25) is 0 Å². The molecule has 2 fully saturated rings. The van der Waals surface area contributed by atoms with Gasteiger partial charge in [0.2, 0.25) is 0 Å². The minimum Gasteiger partial charge on any atom is -0.392 e. The van der Waals surface area contributed by atoms with Crippen LogP contribution in [0.1, 0.15) is 80.1 Å². The zero-order valence-corrected chi connectivity index (χ0v) is 17.9. The van der Waals surface area contributed by atoms with E-state index in [1.165, 1.54) is 32.1 Å². The summed E-state index contributed by atoms with van der Waals surface area (Å²) in [6, 6.07) is 0. The number of fused-ring (bicyclic) bond motifs is 3. The second-order valence-corrected chi connectivity index (χ2v) is 10.9. The van der Waals surface area contributed by atoms with Gasteiger partial charge in [0.15, 0.2) is 0 Å². The lowest BCUT2D eigenvalue weighted by atomic mass is 9.59. The molecule has 0 unspecified atom stereocenters. The van der Waals surface area contributed by atoms with E-state index >= 15 is 0 Å². The van der Waals surface area contributed by atoms with Crippen LogP contribution in [0.5, 0.6) is 0 Å². The summed E-state index contributed by atoms with van der Waals surface area (Å²) >= 11 is 0. The summed E-state index contributed by atoms with van der Waals surface area (Å²) < 4.78 is 0. The normalized spacial score (nSPS) is 48.6. The molecule has 4 aliphatic carbocycles. The monoisotopic (exact) mass is 356 g/mol. The lowest BCUT2D eigenvalue weighted by Crippen LogP contribution is -2.39. The molecule has 2 saturated carbocycles. The molecular weight excluding hydrogens is 316 g/mol. The van der Waals surface area contributed by atoms with Gasteiger partial charge in [0, 0.05) is 11.3 Å². The zero-order chi connectivity index (χ0) is 18.8. The van der Waals surface area contributed by atoms with Crippen molar-refractivity contribution in [2.45, 2.75) is 86.2 Å². The van der Waals surface area contributed by atoms with Gasteiger partial charge in [0.05, 0.1) is 6.10 Å². The highest BCUT2D eigenvalue weighted by molar-refractivity contribution is 5.35. The molecule has 1 N–H and O–H groups in total. The van der Waals surface area contributed by atoms with Gasteiger partial charge in [0.25, 0.3) is 0 Å². The van der Waals surface area contributed by atoms with E-state index in [0.717, 1.165) is 18.3 Å².